The number of carbonyl (C=O) groups excluding carboxylic acids is 1. The van der Waals surface area contributed by atoms with Crippen LogP contribution in [0.3, 0.4) is 0 Å². The van der Waals surface area contributed by atoms with Gasteiger partial charge in [-0.1, -0.05) is 12.8 Å². The number of nitrogens with zero attached hydrogens (tertiary/aromatic N) is 1. The third-order valence-corrected chi connectivity index (χ3v) is 3.54. The molecular weight excluding hydrogens is 244 g/mol. The van der Waals surface area contributed by atoms with Crippen molar-refractivity contribution in [2.24, 2.45) is 5.41 Å². The van der Waals surface area contributed by atoms with Gasteiger partial charge in [-0.25, -0.2) is 0 Å². The highest BCUT2D eigenvalue weighted by Gasteiger charge is 2.41. The second-order valence-electron chi connectivity index (χ2n) is 4.97. The molecule has 1 fully saturated rings. The zero-order valence-electron chi connectivity index (χ0n) is 11.7. The maximum atomic E-state index is 12.0. The van der Waals surface area contributed by atoms with Crippen LogP contribution in [-0.2, 0) is 14.3 Å². The lowest BCUT2D eigenvalue weighted by Gasteiger charge is -2.19. The molecule has 0 saturated heterocycles. The van der Waals surface area contributed by atoms with Crippen molar-refractivity contribution < 1.29 is 14.3 Å². The molecule has 19 heavy (non-hydrogen) atoms. The number of rotatable bonds is 9. The van der Waals surface area contributed by atoms with E-state index in [1.165, 1.54) is 0 Å². The van der Waals surface area contributed by atoms with Crippen molar-refractivity contribution in [2.45, 2.75) is 38.5 Å². The van der Waals surface area contributed by atoms with Gasteiger partial charge in [-0.3, -0.25) is 4.79 Å². The van der Waals surface area contributed by atoms with Crippen LogP contribution in [0.15, 0.2) is 0 Å². The van der Waals surface area contributed by atoms with E-state index < -0.39 is 5.41 Å². The zero-order valence-corrected chi connectivity index (χ0v) is 11.7. The van der Waals surface area contributed by atoms with E-state index in [9.17, 15) is 4.79 Å². The molecule has 1 amide bonds. The molecule has 0 atom stereocenters. The Morgan fingerprint density at radius 2 is 2.00 bits per heavy atom. The van der Waals surface area contributed by atoms with Crippen molar-refractivity contribution in [3.8, 4) is 6.07 Å². The molecule has 0 spiro atoms. The van der Waals surface area contributed by atoms with Crippen LogP contribution in [0.25, 0.3) is 0 Å². The Balaban J connectivity index is 2.06. The first-order valence-corrected chi connectivity index (χ1v) is 7.01. The van der Waals surface area contributed by atoms with Crippen LogP contribution in [-0.4, -0.2) is 39.4 Å². The van der Waals surface area contributed by atoms with Crippen LogP contribution in [0.1, 0.15) is 38.5 Å². The van der Waals surface area contributed by atoms with Crippen molar-refractivity contribution in [1.82, 2.24) is 5.32 Å². The number of ether oxygens (including phenoxy) is 2. The summed E-state index contributed by atoms with van der Waals surface area (Å²) in [7, 11) is 1.65. The third kappa shape index (κ3) is 5.17. The van der Waals surface area contributed by atoms with Crippen molar-refractivity contribution in [3.63, 3.8) is 0 Å². The molecule has 0 bridgehead atoms. The zero-order chi connectivity index (χ0) is 14.0. The van der Waals surface area contributed by atoms with Gasteiger partial charge in [-0.05, 0) is 25.7 Å². The fourth-order valence-corrected chi connectivity index (χ4v) is 2.31. The minimum absolute atomic E-state index is 0.0900. The van der Waals surface area contributed by atoms with Crippen LogP contribution in [0.5, 0.6) is 0 Å². The van der Waals surface area contributed by atoms with E-state index in [0.29, 0.717) is 39.2 Å². The van der Waals surface area contributed by atoms with Crippen LogP contribution in [0.2, 0.25) is 0 Å². The van der Waals surface area contributed by atoms with Gasteiger partial charge < -0.3 is 14.8 Å². The molecule has 0 heterocycles. The van der Waals surface area contributed by atoms with Crippen molar-refractivity contribution in [3.05, 3.63) is 0 Å². The summed E-state index contributed by atoms with van der Waals surface area (Å²) in [4.78, 5) is 12.0. The van der Waals surface area contributed by atoms with E-state index in [4.69, 9.17) is 14.7 Å². The number of hydrogen-bond donors (Lipinski definition) is 1. The molecule has 1 rings (SSSR count). The Morgan fingerprint density at radius 1 is 1.26 bits per heavy atom. The van der Waals surface area contributed by atoms with Gasteiger partial charge in [0.05, 0.1) is 19.3 Å². The lowest BCUT2D eigenvalue weighted by molar-refractivity contribution is -0.127. The van der Waals surface area contributed by atoms with Gasteiger partial charge in [-0.15, -0.1) is 0 Å². The summed E-state index contributed by atoms with van der Waals surface area (Å²) in [5, 5.41) is 12.0. The second-order valence-corrected chi connectivity index (χ2v) is 4.97. The number of unbranched alkanes of at least 4 members (excludes halogenated alkanes) is 1. The second kappa shape index (κ2) is 8.89. The lowest BCUT2D eigenvalue weighted by atomic mass is 9.87. The first-order chi connectivity index (χ1) is 9.25. The quantitative estimate of drug-likeness (QED) is 0.645. The molecule has 1 saturated carbocycles. The van der Waals surface area contributed by atoms with Crippen LogP contribution in [0.4, 0.5) is 0 Å². The average molecular weight is 268 g/mol. The summed E-state index contributed by atoms with van der Waals surface area (Å²) in [6.45, 7) is 2.53. The molecular formula is C14H24N2O3. The Kier molecular flexibility index (Phi) is 7.46. The van der Waals surface area contributed by atoms with Crippen molar-refractivity contribution >= 4 is 5.91 Å². The Labute approximate surface area is 115 Å². The first kappa shape index (κ1) is 15.9. The molecule has 108 valence electrons. The Hall–Kier alpha value is -1.12. The summed E-state index contributed by atoms with van der Waals surface area (Å²) >= 11 is 0. The van der Waals surface area contributed by atoms with Crippen LogP contribution >= 0.6 is 0 Å². The molecule has 1 aliphatic rings. The van der Waals surface area contributed by atoms with Gasteiger partial charge in [0.15, 0.2) is 0 Å². The van der Waals surface area contributed by atoms with Gasteiger partial charge in [-0.2, -0.15) is 5.26 Å². The Bertz CT molecular complexity index is 306. The molecule has 5 nitrogen and oxygen atoms in total. The number of methoxy groups -OCH3 is 1. The van der Waals surface area contributed by atoms with E-state index >= 15 is 0 Å². The van der Waals surface area contributed by atoms with Crippen molar-refractivity contribution in [1.29, 1.82) is 5.26 Å². The van der Waals surface area contributed by atoms with Gasteiger partial charge in [0.1, 0.15) is 5.41 Å². The first-order valence-electron chi connectivity index (χ1n) is 7.01. The molecule has 0 unspecified atom stereocenters. The number of amides is 1. The van der Waals surface area contributed by atoms with Gasteiger partial charge >= 0.3 is 0 Å². The summed E-state index contributed by atoms with van der Waals surface area (Å²) in [5.74, 6) is -0.0900. The summed E-state index contributed by atoms with van der Waals surface area (Å²) in [5.41, 5.74) is -0.755. The molecule has 0 aromatic carbocycles. The van der Waals surface area contributed by atoms with Crippen LogP contribution < -0.4 is 5.32 Å². The van der Waals surface area contributed by atoms with E-state index in [-0.39, 0.29) is 5.91 Å². The smallest absolute Gasteiger partial charge is 0.240 e. The minimum atomic E-state index is -0.755. The van der Waals surface area contributed by atoms with Crippen molar-refractivity contribution in [2.75, 3.05) is 33.5 Å². The largest absolute Gasteiger partial charge is 0.382 e. The molecule has 1 N–H and O–H groups in total. The monoisotopic (exact) mass is 268 g/mol. The number of hydrogen-bond acceptors (Lipinski definition) is 4. The van der Waals surface area contributed by atoms with Crippen LogP contribution in [0, 0.1) is 16.7 Å². The standard InChI is InChI=1S/C14H24N2O3/c1-18-10-11-19-9-5-4-8-16-13(17)14(12-15)6-2-3-7-14/h2-11H2,1H3,(H,16,17). The highest BCUT2D eigenvalue weighted by atomic mass is 16.5. The molecule has 1 aliphatic carbocycles. The fourth-order valence-electron chi connectivity index (χ4n) is 2.31. The topological polar surface area (TPSA) is 71.3 Å². The molecule has 0 aromatic heterocycles. The third-order valence-electron chi connectivity index (χ3n) is 3.54. The molecule has 0 aromatic rings. The van der Waals surface area contributed by atoms with Gasteiger partial charge in [0, 0.05) is 20.3 Å². The maximum Gasteiger partial charge on any atom is 0.240 e. The van der Waals surface area contributed by atoms with E-state index in [0.717, 1.165) is 25.7 Å². The minimum Gasteiger partial charge on any atom is -0.382 e. The highest BCUT2D eigenvalue weighted by Crippen LogP contribution is 2.37. The lowest BCUT2D eigenvalue weighted by Crippen LogP contribution is -2.38. The number of carbonyl (C=O) groups is 1. The predicted molar refractivity (Wildman–Crippen MR) is 71.5 cm³/mol. The van der Waals surface area contributed by atoms with Gasteiger partial charge in [0.2, 0.25) is 5.91 Å². The fraction of sp³-hybridized carbons (Fsp3) is 0.857. The highest BCUT2D eigenvalue weighted by molar-refractivity contribution is 5.85. The summed E-state index contributed by atoms with van der Waals surface area (Å²) < 4.78 is 10.2. The van der Waals surface area contributed by atoms with E-state index in [2.05, 4.69) is 11.4 Å². The summed E-state index contributed by atoms with van der Waals surface area (Å²) in [6, 6.07) is 2.20. The van der Waals surface area contributed by atoms with E-state index in [1.807, 2.05) is 0 Å². The predicted octanol–water partition coefficient (Wildman–Crippen LogP) is 1.63. The number of nitriles is 1. The maximum absolute atomic E-state index is 12.0. The average Bonchev–Trinajstić information content (AvgIpc) is 2.91. The normalized spacial score (nSPS) is 17.1. The number of nitrogens with one attached hydrogen (secondary N) is 1. The molecule has 0 aliphatic heterocycles. The molecule has 0 radical (unpaired) electrons. The van der Waals surface area contributed by atoms with Gasteiger partial charge in [0.25, 0.3) is 0 Å². The Morgan fingerprint density at radius 3 is 2.63 bits per heavy atom. The SMILES string of the molecule is COCCOCCCCNC(=O)C1(C#N)CCCC1. The molecule has 5 heteroatoms. The van der Waals surface area contributed by atoms with E-state index in [1.54, 1.807) is 7.11 Å². The summed E-state index contributed by atoms with van der Waals surface area (Å²) in [6.07, 6.45) is 5.15.